The van der Waals surface area contributed by atoms with Crippen LogP contribution in [0.2, 0.25) is 0 Å². The van der Waals surface area contributed by atoms with Crippen LogP contribution in [-0.2, 0) is 4.74 Å². The van der Waals surface area contributed by atoms with Crippen molar-refractivity contribution in [3.05, 3.63) is 71.5 Å². The number of thiophene rings is 1. The normalized spacial score (nSPS) is 15.1. The highest BCUT2D eigenvalue weighted by Gasteiger charge is 2.23. The maximum atomic E-state index is 15.1. The molecule has 0 radical (unpaired) electrons. The molecule has 1 aliphatic heterocycles. The van der Waals surface area contributed by atoms with Crippen molar-refractivity contribution in [2.24, 2.45) is 0 Å². The SMILES string of the molecule is Oc1cc(F)c(-c2ncnc3cc(N4CCOCC4)ccc23)cc1C(O)c1ncnc2sccc12. The van der Waals surface area contributed by atoms with Gasteiger partial charge in [0.2, 0.25) is 0 Å². The summed E-state index contributed by atoms with van der Waals surface area (Å²) < 4.78 is 20.6. The van der Waals surface area contributed by atoms with Crippen molar-refractivity contribution in [2.75, 3.05) is 31.2 Å². The molecule has 1 aliphatic rings. The third-order valence-electron chi connectivity index (χ3n) is 6.21. The summed E-state index contributed by atoms with van der Waals surface area (Å²) in [4.78, 5) is 20.1. The van der Waals surface area contributed by atoms with Crippen molar-refractivity contribution in [1.82, 2.24) is 19.9 Å². The highest BCUT2D eigenvalue weighted by molar-refractivity contribution is 7.16. The number of halogens is 1. The zero-order valence-electron chi connectivity index (χ0n) is 18.4. The van der Waals surface area contributed by atoms with Gasteiger partial charge in [-0.15, -0.1) is 11.3 Å². The van der Waals surface area contributed by atoms with Gasteiger partial charge in [-0.2, -0.15) is 0 Å². The summed E-state index contributed by atoms with van der Waals surface area (Å²) in [5, 5.41) is 24.8. The molecule has 5 aromatic rings. The lowest BCUT2D eigenvalue weighted by Gasteiger charge is -2.29. The van der Waals surface area contributed by atoms with Gasteiger partial charge in [0.15, 0.2) is 0 Å². The Morgan fingerprint density at radius 1 is 0.971 bits per heavy atom. The molecule has 35 heavy (non-hydrogen) atoms. The summed E-state index contributed by atoms with van der Waals surface area (Å²) in [5.41, 5.74) is 2.67. The first-order chi connectivity index (χ1) is 17.1. The second-order valence-corrected chi connectivity index (χ2v) is 9.11. The van der Waals surface area contributed by atoms with E-state index in [1.807, 2.05) is 29.6 Å². The van der Waals surface area contributed by atoms with Gasteiger partial charge < -0.3 is 19.8 Å². The first kappa shape index (κ1) is 21.8. The number of anilines is 1. The molecular formula is C25H20FN5O3S. The number of aliphatic hydroxyl groups excluding tert-OH is 1. The molecule has 176 valence electrons. The van der Waals surface area contributed by atoms with Crippen LogP contribution < -0.4 is 4.90 Å². The molecule has 2 N–H and O–H groups in total. The van der Waals surface area contributed by atoms with Gasteiger partial charge in [0, 0.05) is 46.7 Å². The van der Waals surface area contributed by atoms with E-state index in [0.29, 0.717) is 45.7 Å². The molecular weight excluding hydrogens is 469 g/mol. The Labute approximate surface area is 203 Å². The van der Waals surface area contributed by atoms with Crippen molar-refractivity contribution in [2.45, 2.75) is 6.10 Å². The van der Waals surface area contributed by atoms with E-state index in [0.717, 1.165) is 24.8 Å². The molecule has 0 aliphatic carbocycles. The number of morpholine rings is 1. The number of phenols is 1. The number of aromatic hydroxyl groups is 1. The number of fused-ring (bicyclic) bond motifs is 2. The van der Waals surface area contributed by atoms with Gasteiger partial charge in [-0.1, -0.05) is 0 Å². The Bertz CT molecular complexity index is 1550. The van der Waals surface area contributed by atoms with Crippen LogP contribution in [0, 0.1) is 5.82 Å². The van der Waals surface area contributed by atoms with Gasteiger partial charge >= 0.3 is 0 Å². The average Bonchev–Trinajstić information content (AvgIpc) is 3.38. The fourth-order valence-electron chi connectivity index (χ4n) is 4.43. The molecule has 2 aromatic carbocycles. The number of aliphatic hydroxyl groups is 1. The minimum Gasteiger partial charge on any atom is -0.507 e. The summed E-state index contributed by atoms with van der Waals surface area (Å²) in [6.45, 7) is 2.91. The average molecular weight is 490 g/mol. The smallest absolute Gasteiger partial charge is 0.136 e. The number of phenolic OH excluding ortho intramolecular Hbond substituents is 1. The predicted octanol–water partition coefficient (Wildman–Crippen LogP) is 4.06. The van der Waals surface area contributed by atoms with E-state index in [2.05, 4.69) is 24.8 Å². The monoisotopic (exact) mass is 489 g/mol. The number of nitrogens with zero attached hydrogens (tertiary/aromatic N) is 5. The van der Waals surface area contributed by atoms with Crippen LogP contribution >= 0.6 is 11.3 Å². The lowest BCUT2D eigenvalue weighted by atomic mass is 9.97. The third-order valence-corrected chi connectivity index (χ3v) is 7.03. The lowest BCUT2D eigenvalue weighted by molar-refractivity contribution is 0.122. The van der Waals surface area contributed by atoms with Gasteiger partial charge in [0.25, 0.3) is 0 Å². The van der Waals surface area contributed by atoms with Crippen molar-refractivity contribution in [3.8, 4) is 17.0 Å². The zero-order chi connectivity index (χ0) is 23.9. The van der Waals surface area contributed by atoms with Crippen molar-refractivity contribution < 1.29 is 19.3 Å². The molecule has 1 unspecified atom stereocenters. The molecule has 0 spiro atoms. The van der Waals surface area contributed by atoms with Crippen molar-refractivity contribution in [1.29, 1.82) is 0 Å². The van der Waals surface area contributed by atoms with Gasteiger partial charge in [0.1, 0.15) is 35.2 Å². The summed E-state index contributed by atoms with van der Waals surface area (Å²) in [6.07, 6.45) is 1.47. The molecule has 6 rings (SSSR count). The third kappa shape index (κ3) is 3.85. The number of rotatable bonds is 4. The number of ether oxygens (including phenoxy) is 1. The number of aromatic nitrogens is 4. The highest BCUT2D eigenvalue weighted by atomic mass is 32.1. The molecule has 1 saturated heterocycles. The number of hydrogen-bond donors (Lipinski definition) is 2. The van der Waals surface area contributed by atoms with E-state index in [1.165, 1.54) is 30.1 Å². The quantitative estimate of drug-likeness (QED) is 0.389. The first-order valence-electron chi connectivity index (χ1n) is 11.1. The Morgan fingerprint density at radius 3 is 2.66 bits per heavy atom. The predicted molar refractivity (Wildman–Crippen MR) is 131 cm³/mol. The highest BCUT2D eigenvalue weighted by Crippen LogP contribution is 2.38. The number of benzene rings is 2. The Balaban J connectivity index is 1.45. The van der Waals surface area contributed by atoms with E-state index < -0.39 is 11.9 Å². The van der Waals surface area contributed by atoms with E-state index in [4.69, 9.17) is 4.74 Å². The second-order valence-electron chi connectivity index (χ2n) is 8.21. The maximum absolute atomic E-state index is 15.1. The number of hydrogen-bond acceptors (Lipinski definition) is 9. The summed E-state index contributed by atoms with van der Waals surface area (Å²) in [7, 11) is 0. The Kier molecular flexibility index (Phi) is 5.48. The zero-order valence-corrected chi connectivity index (χ0v) is 19.2. The van der Waals surface area contributed by atoms with Crippen LogP contribution in [0.15, 0.2) is 54.4 Å². The van der Waals surface area contributed by atoms with E-state index >= 15 is 4.39 Å². The van der Waals surface area contributed by atoms with Gasteiger partial charge in [-0.3, -0.25) is 0 Å². The summed E-state index contributed by atoms with van der Waals surface area (Å²) in [6, 6.07) is 10.0. The molecule has 0 bridgehead atoms. The van der Waals surface area contributed by atoms with E-state index in [1.54, 1.807) is 0 Å². The van der Waals surface area contributed by atoms with Crippen molar-refractivity contribution >= 4 is 38.1 Å². The molecule has 8 nitrogen and oxygen atoms in total. The fraction of sp³-hybridized carbons (Fsp3) is 0.200. The van der Waals surface area contributed by atoms with Crippen LogP contribution in [0.3, 0.4) is 0 Å². The molecule has 0 amide bonds. The lowest BCUT2D eigenvalue weighted by Crippen LogP contribution is -2.36. The van der Waals surface area contributed by atoms with E-state index in [-0.39, 0.29) is 16.9 Å². The van der Waals surface area contributed by atoms with E-state index in [9.17, 15) is 10.2 Å². The Morgan fingerprint density at radius 2 is 1.80 bits per heavy atom. The minimum atomic E-state index is -1.28. The van der Waals surface area contributed by atoms with Crippen LogP contribution in [-0.4, -0.2) is 56.5 Å². The molecule has 0 saturated carbocycles. The van der Waals surface area contributed by atoms with Gasteiger partial charge in [0.05, 0.1) is 30.1 Å². The topological polar surface area (TPSA) is 104 Å². The molecule has 4 heterocycles. The Hall–Kier alpha value is -3.73. The summed E-state index contributed by atoms with van der Waals surface area (Å²) >= 11 is 1.42. The fourth-order valence-corrected chi connectivity index (χ4v) is 5.17. The molecule has 1 atom stereocenters. The van der Waals surface area contributed by atoms with Crippen LogP contribution in [0.4, 0.5) is 10.1 Å². The largest absolute Gasteiger partial charge is 0.507 e. The minimum absolute atomic E-state index is 0.129. The first-order valence-corrected chi connectivity index (χ1v) is 11.9. The van der Waals surface area contributed by atoms with Crippen LogP contribution in [0.25, 0.3) is 32.4 Å². The van der Waals surface area contributed by atoms with Crippen LogP contribution in [0.1, 0.15) is 17.4 Å². The summed E-state index contributed by atoms with van der Waals surface area (Å²) in [5.74, 6) is -1.02. The van der Waals surface area contributed by atoms with Crippen molar-refractivity contribution in [3.63, 3.8) is 0 Å². The van der Waals surface area contributed by atoms with Crippen LogP contribution in [0.5, 0.6) is 5.75 Å². The molecule has 1 fully saturated rings. The van der Waals surface area contributed by atoms with Gasteiger partial charge in [-0.25, -0.2) is 24.3 Å². The molecule has 3 aromatic heterocycles. The standard InChI is InChI=1S/C25H20FN5O3S/c26-19-11-21(32)18(24(33)23-16-3-8-35-25(16)30-13-29-23)10-17(19)22-15-2-1-14(9-20(15)27-12-28-22)31-4-6-34-7-5-31/h1-3,8-13,24,32-33H,4-7H2. The molecule has 10 heteroatoms. The second kappa shape index (κ2) is 8.81. The maximum Gasteiger partial charge on any atom is 0.136 e. The van der Waals surface area contributed by atoms with Gasteiger partial charge in [-0.05, 0) is 35.7 Å².